The van der Waals surface area contributed by atoms with Crippen LogP contribution in [0.25, 0.3) is 0 Å². The maximum atomic E-state index is 13.2. The van der Waals surface area contributed by atoms with E-state index in [1.165, 1.54) is 5.56 Å². The average molecular weight is 372 g/mol. The van der Waals surface area contributed by atoms with Gasteiger partial charge in [-0.2, -0.15) is 0 Å². The van der Waals surface area contributed by atoms with Crippen LogP contribution in [0.3, 0.4) is 0 Å². The van der Waals surface area contributed by atoms with Gasteiger partial charge in [-0.15, -0.1) is 0 Å². The summed E-state index contributed by atoms with van der Waals surface area (Å²) >= 11 is 0. The lowest BCUT2D eigenvalue weighted by Crippen LogP contribution is -2.40. The topological polar surface area (TPSA) is 54.5 Å². The Morgan fingerprint density at radius 2 is 1.73 bits per heavy atom. The Balaban J connectivity index is 1.91. The molecule has 26 heavy (non-hydrogen) atoms. The summed E-state index contributed by atoms with van der Waals surface area (Å²) in [6.45, 7) is 4.44. The molecule has 1 aliphatic heterocycles. The average Bonchev–Trinajstić information content (AvgIpc) is 2.99. The van der Waals surface area contributed by atoms with Crippen LogP contribution in [0.2, 0.25) is 0 Å². The van der Waals surface area contributed by atoms with E-state index in [1.54, 1.807) is 4.90 Å². The predicted octanol–water partition coefficient (Wildman–Crippen LogP) is 3.39. The van der Waals surface area contributed by atoms with Crippen LogP contribution >= 0.6 is 0 Å². The zero-order valence-electron chi connectivity index (χ0n) is 15.3. The smallest absolute Gasteiger partial charge is 0.254 e. The molecule has 1 unspecified atom stereocenters. The third kappa shape index (κ3) is 4.15. The monoisotopic (exact) mass is 371 g/mol. The summed E-state index contributed by atoms with van der Waals surface area (Å²) in [5.41, 5.74) is 3.81. The molecule has 1 aliphatic rings. The fraction of sp³-hybridized carbons (Fsp3) is 0.381. The van der Waals surface area contributed by atoms with Crippen LogP contribution in [0.1, 0.15) is 40.4 Å². The minimum absolute atomic E-state index is 0.0532. The van der Waals surface area contributed by atoms with Crippen LogP contribution in [0.4, 0.5) is 0 Å². The zero-order valence-corrected chi connectivity index (χ0v) is 16.1. The summed E-state index contributed by atoms with van der Waals surface area (Å²) in [6.07, 6.45) is 1.47. The second kappa shape index (κ2) is 7.62. The van der Waals surface area contributed by atoms with E-state index in [1.807, 2.05) is 43.3 Å². The summed E-state index contributed by atoms with van der Waals surface area (Å²) in [5.74, 6) is 0.117. The molecule has 0 radical (unpaired) electrons. The molecule has 1 amide bonds. The molecular formula is C21H25NO3S. The van der Waals surface area contributed by atoms with Gasteiger partial charge in [0.05, 0.1) is 11.5 Å². The number of benzene rings is 2. The normalized spacial score (nSPS) is 18.6. The van der Waals surface area contributed by atoms with Crippen molar-refractivity contribution in [3.8, 4) is 0 Å². The highest BCUT2D eigenvalue weighted by Crippen LogP contribution is 2.23. The fourth-order valence-corrected chi connectivity index (χ4v) is 5.16. The highest BCUT2D eigenvalue weighted by molar-refractivity contribution is 7.91. The maximum absolute atomic E-state index is 13.2. The van der Waals surface area contributed by atoms with Crippen molar-refractivity contribution in [2.24, 2.45) is 0 Å². The quantitative estimate of drug-likeness (QED) is 0.810. The number of sulfone groups is 1. The van der Waals surface area contributed by atoms with E-state index in [9.17, 15) is 13.2 Å². The molecule has 0 spiro atoms. The molecule has 0 saturated carbocycles. The van der Waals surface area contributed by atoms with Gasteiger partial charge in [-0.3, -0.25) is 4.79 Å². The number of hydrogen-bond acceptors (Lipinski definition) is 3. The second-order valence-electron chi connectivity index (χ2n) is 6.97. The molecule has 3 rings (SSSR count). The third-order valence-corrected chi connectivity index (χ3v) is 6.82. The van der Waals surface area contributed by atoms with Crippen LogP contribution in [0.15, 0.2) is 48.5 Å². The van der Waals surface area contributed by atoms with Crippen molar-refractivity contribution in [1.29, 1.82) is 0 Å². The first-order valence-corrected chi connectivity index (χ1v) is 10.9. The first-order chi connectivity index (χ1) is 12.4. The van der Waals surface area contributed by atoms with Gasteiger partial charge in [0.2, 0.25) is 0 Å². The van der Waals surface area contributed by atoms with Crippen molar-refractivity contribution in [2.75, 3.05) is 11.5 Å². The van der Waals surface area contributed by atoms with E-state index in [4.69, 9.17) is 0 Å². The standard InChI is InChI=1S/C21H25NO3S/c1-3-17-8-10-18(11-9-17)14-22(19-12-13-26(24,25)15-19)21(23)20-7-5-4-6-16(20)2/h4-11,19H,3,12-15H2,1-2H3. The highest BCUT2D eigenvalue weighted by atomic mass is 32.2. The molecule has 1 fully saturated rings. The second-order valence-corrected chi connectivity index (χ2v) is 9.20. The minimum atomic E-state index is -3.06. The first-order valence-electron chi connectivity index (χ1n) is 9.04. The number of aryl methyl sites for hydroxylation is 2. The molecule has 0 N–H and O–H groups in total. The van der Waals surface area contributed by atoms with E-state index in [-0.39, 0.29) is 23.5 Å². The summed E-state index contributed by atoms with van der Waals surface area (Å²) in [4.78, 5) is 15.0. The van der Waals surface area contributed by atoms with E-state index in [0.29, 0.717) is 18.5 Å². The molecule has 0 aliphatic carbocycles. The van der Waals surface area contributed by atoms with E-state index in [0.717, 1.165) is 17.5 Å². The number of rotatable bonds is 5. The lowest BCUT2D eigenvalue weighted by Gasteiger charge is -2.29. The van der Waals surface area contributed by atoms with Gasteiger partial charge < -0.3 is 4.90 Å². The number of amides is 1. The van der Waals surface area contributed by atoms with Gasteiger partial charge in [-0.1, -0.05) is 49.4 Å². The SMILES string of the molecule is CCc1ccc(CN(C(=O)c2ccccc2C)C2CCS(=O)(=O)C2)cc1. The Morgan fingerprint density at radius 1 is 1.08 bits per heavy atom. The van der Waals surface area contributed by atoms with E-state index >= 15 is 0 Å². The molecule has 2 aromatic carbocycles. The lowest BCUT2D eigenvalue weighted by atomic mass is 10.0. The number of nitrogens with zero attached hydrogens (tertiary/aromatic N) is 1. The molecule has 1 atom stereocenters. The van der Waals surface area contributed by atoms with Crippen molar-refractivity contribution >= 4 is 15.7 Å². The van der Waals surface area contributed by atoms with Gasteiger partial charge in [0.25, 0.3) is 5.91 Å². The van der Waals surface area contributed by atoms with Crippen LogP contribution in [0, 0.1) is 6.92 Å². The van der Waals surface area contributed by atoms with Crippen molar-refractivity contribution in [2.45, 2.75) is 39.3 Å². The van der Waals surface area contributed by atoms with Crippen LogP contribution in [-0.4, -0.2) is 36.8 Å². The Kier molecular flexibility index (Phi) is 5.47. The van der Waals surface area contributed by atoms with Gasteiger partial charge >= 0.3 is 0 Å². The van der Waals surface area contributed by atoms with Gasteiger partial charge in [-0.25, -0.2) is 8.42 Å². The van der Waals surface area contributed by atoms with Crippen molar-refractivity contribution in [3.63, 3.8) is 0 Å². The molecule has 4 nitrogen and oxygen atoms in total. The van der Waals surface area contributed by atoms with Gasteiger partial charge in [0.15, 0.2) is 9.84 Å². The predicted molar refractivity (Wildman–Crippen MR) is 104 cm³/mol. The van der Waals surface area contributed by atoms with Crippen molar-refractivity contribution in [3.05, 3.63) is 70.8 Å². The van der Waals surface area contributed by atoms with Crippen molar-refractivity contribution in [1.82, 2.24) is 4.90 Å². The Labute approximate surface area is 155 Å². The number of hydrogen-bond donors (Lipinski definition) is 0. The zero-order chi connectivity index (χ0) is 18.7. The van der Waals surface area contributed by atoms with E-state index < -0.39 is 9.84 Å². The first kappa shape index (κ1) is 18.6. The molecule has 0 aromatic heterocycles. The van der Waals surface area contributed by atoms with Gasteiger partial charge in [-0.05, 0) is 42.5 Å². The molecule has 1 saturated heterocycles. The summed E-state index contributed by atoms with van der Waals surface area (Å²) < 4.78 is 23.9. The summed E-state index contributed by atoms with van der Waals surface area (Å²) in [6, 6.07) is 15.4. The van der Waals surface area contributed by atoms with Gasteiger partial charge in [0, 0.05) is 18.2 Å². The molecule has 5 heteroatoms. The third-order valence-electron chi connectivity index (χ3n) is 5.07. The maximum Gasteiger partial charge on any atom is 0.254 e. The van der Waals surface area contributed by atoms with Crippen LogP contribution in [0.5, 0.6) is 0 Å². The highest BCUT2D eigenvalue weighted by Gasteiger charge is 2.35. The molecule has 0 bridgehead atoms. The largest absolute Gasteiger partial charge is 0.330 e. The lowest BCUT2D eigenvalue weighted by molar-refractivity contribution is 0.0680. The van der Waals surface area contributed by atoms with Crippen LogP contribution < -0.4 is 0 Å². The van der Waals surface area contributed by atoms with Crippen LogP contribution in [-0.2, 0) is 22.8 Å². The van der Waals surface area contributed by atoms with Gasteiger partial charge in [0.1, 0.15) is 0 Å². The molecular weight excluding hydrogens is 346 g/mol. The van der Waals surface area contributed by atoms with E-state index in [2.05, 4.69) is 19.1 Å². The fourth-order valence-electron chi connectivity index (χ4n) is 3.43. The Hall–Kier alpha value is -2.14. The number of carbonyl (C=O) groups is 1. The molecule has 2 aromatic rings. The summed E-state index contributed by atoms with van der Waals surface area (Å²) in [5, 5.41) is 0. The minimum Gasteiger partial charge on any atom is -0.330 e. The Bertz CT molecular complexity index is 888. The Morgan fingerprint density at radius 3 is 2.31 bits per heavy atom. The van der Waals surface area contributed by atoms with Crippen molar-refractivity contribution < 1.29 is 13.2 Å². The molecule has 138 valence electrons. The summed E-state index contributed by atoms with van der Waals surface area (Å²) in [7, 11) is -3.06. The molecule has 1 heterocycles. The number of carbonyl (C=O) groups excluding carboxylic acids is 1.